The number of nitrogens with one attached hydrogen (secondary N) is 2. The van der Waals surface area contributed by atoms with E-state index in [9.17, 15) is 4.79 Å². The van der Waals surface area contributed by atoms with E-state index in [2.05, 4.69) is 21.7 Å². The Labute approximate surface area is 101 Å². The zero-order valence-corrected chi connectivity index (χ0v) is 9.99. The van der Waals surface area contributed by atoms with Gasteiger partial charge in [0.05, 0.1) is 5.56 Å². The van der Waals surface area contributed by atoms with Crippen LogP contribution >= 0.6 is 0 Å². The minimum Gasteiger partial charge on any atom is -0.348 e. The Morgan fingerprint density at radius 1 is 1.53 bits per heavy atom. The van der Waals surface area contributed by atoms with Crippen molar-refractivity contribution in [3.8, 4) is 0 Å². The van der Waals surface area contributed by atoms with Crippen molar-refractivity contribution in [1.29, 1.82) is 0 Å². The van der Waals surface area contributed by atoms with Crippen LogP contribution in [0.25, 0.3) is 0 Å². The lowest BCUT2D eigenvalue weighted by Gasteiger charge is -2.14. The standard InChI is InChI=1S/C13H17N3O/c1-10-2-3-12(9-15-10)13(17)16-8-11-4-6-14-7-5-11/h2-4,9,14H,5-8H2,1H3,(H,16,17). The molecule has 90 valence electrons. The van der Waals surface area contributed by atoms with Gasteiger partial charge in [0.1, 0.15) is 0 Å². The van der Waals surface area contributed by atoms with Gasteiger partial charge in [0.2, 0.25) is 0 Å². The Morgan fingerprint density at radius 3 is 3.06 bits per heavy atom. The first-order valence-corrected chi connectivity index (χ1v) is 5.85. The van der Waals surface area contributed by atoms with Crippen LogP contribution < -0.4 is 10.6 Å². The molecule has 0 fully saturated rings. The molecule has 0 atom stereocenters. The lowest BCUT2D eigenvalue weighted by atomic mass is 10.1. The number of amides is 1. The molecular formula is C13H17N3O. The second-order valence-corrected chi connectivity index (χ2v) is 4.19. The Hall–Kier alpha value is -1.68. The summed E-state index contributed by atoms with van der Waals surface area (Å²) in [6, 6.07) is 3.65. The van der Waals surface area contributed by atoms with Gasteiger partial charge in [-0.1, -0.05) is 11.6 Å². The van der Waals surface area contributed by atoms with Gasteiger partial charge in [-0.3, -0.25) is 9.78 Å². The summed E-state index contributed by atoms with van der Waals surface area (Å²) >= 11 is 0. The Balaban J connectivity index is 1.88. The van der Waals surface area contributed by atoms with Crippen molar-refractivity contribution in [1.82, 2.24) is 15.6 Å². The van der Waals surface area contributed by atoms with Crippen molar-refractivity contribution in [2.24, 2.45) is 0 Å². The van der Waals surface area contributed by atoms with Crippen molar-refractivity contribution < 1.29 is 4.79 Å². The summed E-state index contributed by atoms with van der Waals surface area (Å²) in [6.07, 6.45) is 4.76. The van der Waals surface area contributed by atoms with Crippen molar-refractivity contribution in [3.05, 3.63) is 41.2 Å². The predicted molar refractivity (Wildman–Crippen MR) is 66.9 cm³/mol. The lowest BCUT2D eigenvalue weighted by molar-refractivity contribution is 0.0956. The van der Waals surface area contributed by atoms with Gasteiger partial charge >= 0.3 is 0 Å². The van der Waals surface area contributed by atoms with E-state index in [1.165, 1.54) is 5.57 Å². The molecule has 1 aromatic heterocycles. The molecule has 1 amide bonds. The summed E-state index contributed by atoms with van der Waals surface area (Å²) in [6.45, 7) is 4.43. The highest BCUT2D eigenvalue weighted by Crippen LogP contribution is 2.04. The fourth-order valence-electron chi connectivity index (χ4n) is 1.73. The Bertz CT molecular complexity index is 423. The number of nitrogens with zero attached hydrogens (tertiary/aromatic N) is 1. The Morgan fingerprint density at radius 2 is 2.41 bits per heavy atom. The molecular weight excluding hydrogens is 214 g/mol. The van der Waals surface area contributed by atoms with Crippen LogP contribution in [0.2, 0.25) is 0 Å². The number of hydrogen-bond acceptors (Lipinski definition) is 3. The van der Waals surface area contributed by atoms with E-state index in [1.807, 2.05) is 13.0 Å². The van der Waals surface area contributed by atoms with Crippen molar-refractivity contribution >= 4 is 5.91 Å². The fourth-order valence-corrected chi connectivity index (χ4v) is 1.73. The van der Waals surface area contributed by atoms with Gasteiger partial charge in [0.15, 0.2) is 0 Å². The molecule has 0 saturated heterocycles. The average molecular weight is 231 g/mol. The molecule has 0 saturated carbocycles. The van der Waals surface area contributed by atoms with Crippen molar-refractivity contribution in [3.63, 3.8) is 0 Å². The second kappa shape index (κ2) is 5.59. The van der Waals surface area contributed by atoms with Crippen LogP contribution in [0.5, 0.6) is 0 Å². The van der Waals surface area contributed by atoms with Gasteiger partial charge in [0.25, 0.3) is 5.91 Å². The monoisotopic (exact) mass is 231 g/mol. The lowest BCUT2D eigenvalue weighted by Crippen LogP contribution is -2.29. The predicted octanol–water partition coefficient (Wildman–Crippen LogP) is 1.04. The molecule has 2 rings (SSSR count). The quantitative estimate of drug-likeness (QED) is 0.764. The van der Waals surface area contributed by atoms with E-state index in [0.29, 0.717) is 12.1 Å². The molecule has 4 nitrogen and oxygen atoms in total. The SMILES string of the molecule is Cc1ccc(C(=O)NCC2=CCNCC2)cn1. The van der Waals surface area contributed by atoms with Crippen LogP contribution in [0.4, 0.5) is 0 Å². The first-order chi connectivity index (χ1) is 8.25. The van der Waals surface area contributed by atoms with E-state index in [4.69, 9.17) is 0 Å². The topological polar surface area (TPSA) is 54.0 Å². The zero-order chi connectivity index (χ0) is 12.1. The van der Waals surface area contributed by atoms with Crippen LogP contribution in [0.15, 0.2) is 30.0 Å². The summed E-state index contributed by atoms with van der Waals surface area (Å²) in [4.78, 5) is 15.9. The van der Waals surface area contributed by atoms with Crippen molar-refractivity contribution in [2.75, 3.05) is 19.6 Å². The molecule has 2 heterocycles. The summed E-state index contributed by atoms with van der Waals surface area (Å²) in [5, 5.41) is 6.15. The first-order valence-electron chi connectivity index (χ1n) is 5.85. The van der Waals surface area contributed by atoms with E-state index >= 15 is 0 Å². The molecule has 0 aromatic carbocycles. The maximum Gasteiger partial charge on any atom is 0.253 e. The average Bonchev–Trinajstić information content (AvgIpc) is 2.38. The highest BCUT2D eigenvalue weighted by atomic mass is 16.1. The van der Waals surface area contributed by atoms with Crippen LogP contribution in [0.1, 0.15) is 22.5 Å². The fraction of sp³-hybridized carbons (Fsp3) is 0.385. The third-order valence-electron chi connectivity index (χ3n) is 2.81. The number of carbonyl (C=O) groups excluding carboxylic acids is 1. The van der Waals surface area contributed by atoms with Crippen molar-refractivity contribution in [2.45, 2.75) is 13.3 Å². The highest BCUT2D eigenvalue weighted by molar-refractivity contribution is 5.93. The molecule has 0 radical (unpaired) electrons. The van der Waals surface area contributed by atoms with E-state index < -0.39 is 0 Å². The summed E-state index contributed by atoms with van der Waals surface area (Å²) in [5.74, 6) is -0.0584. The van der Waals surface area contributed by atoms with Gasteiger partial charge < -0.3 is 10.6 Å². The number of rotatable bonds is 3. The molecule has 0 aliphatic carbocycles. The molecule has 0 unspecified atom stereocenters. The third kappa shape index (κ3) is 3.39. The van der Waals surface area contributed by atoms with Gasteiger partial charge in [-0.05, 0) is 32.0 Å². The summed E-state index contributed by atoms with van der Waals surface area (Å²) in [5.41, 5.74) is 2.82. The maximum absolute atomic E-state index is 11.8. The zero-order valence-electron chi connectivity index (χ0n) is 9.99. The number of pyridine rings is 1. The van der Waals surface area contributed by atoms with E-state index in [0.717, 1.165) is 25.2 Å². The number of carbonyl (C=O) groups is 1. The molecule has 1 aromatic rings. The summed E-state index contributed by atoms with van der Waals surface area (Å²) in [7, 11) is 0. The number of hydrogen-bond donors (Lipinski definition) is 2. The normalized spacial score (nSPS) is 15.2. The minimum absolute atomic E-state index is 0.0584. The second-order valence-electron chi connectivity index (χ2n) is 4.19. The van der Waals surface area contributed by atoms with Gasteiger partial charge in [-0.2, -0.15) is 0 Å². The third-order valence-corrected chi connectivity index (χ3v) is 2.81. The van der Waals surface area contributed by atoms with Crippen LogP contribution in [0.3, 0.4) is 0 Å². The molecule has 0 spiro atoms. The number of aryl methyl sites for hydroxylation is 1. The molecule has 0 bridgehead atoms. The molecule has 4 heteroatoms. The highest BCUT2D eigenvalue weighted by Gasteiger charge is 2.07. The Kier molecular flexibility index (Phi) is 3.88. The molecule has 1 aliphatic heterocycles. The number of aromatic nitrogens is 1. The van der Waals surface area contributed by atoms with Gasteiger partial charge in [0, 0.05) is 25.0 Å². The van der Waals surface area contributed by atoms with Gasteiger partial charge in [-0.15, -0.1) is 0 Å². The molecule has 17 heavy (non-hydrogen) atoms. The van der Waals surface area contributed by atoms with E-state index in [-0.39, 0.29) is 5.91 Å². The first kappa shape index (κ1) is 11.8. The smallest absolute Gasteiger partial charge is 0.253 e. The minimum atomic E-state index is -0.0584. The molecule has 2 N–H and O–H groups in total. The van der Waals surface area contributed by atoms with Gasteiger partial charge in [-0.25, -0.2) is 0 Å². The van der Waals surface area contributed by atoms with Crippen LogP contribution in [-0.4, -0.2) is 30.5 Å². The summed E-state index contributed by atoms with van der Waals surface area (Å²) < 4.78 is 0. The van der Waals surface area contributed by atoms with E-state index in [1.54, 1.807) is 12.3 Å². The maximum atomic E-state index is 11.8. The molecule has 1 aliphatic rings. The van der Waals surface area contributed by atoms with Crippen LogP contribution in [-0.2, 0) is 0 Å². The largest absolute Gasteiger partial charge is 0.348 e. The van der Waals surface area contributed by atoms with Crippen LogP contribution in [0, 0.1) is 6.92 Å².